The van der Waals surface area contributed by atoms with E-state index in [1.165, 1.54) is 32.7 Å². The van der Waals surface area contributed by atoms with Crippen molar-refractivity contribution in [1.82, 2.24) is 20.4 Å². The molecule has 0 aromatic carbocycles. The van der Waals surface area contributed by atoms with Gasteiger partial charge in [0.1, 0.15) is 0 Å². The SMILES string of the molecule is CCN1CCN(CC(C)CNC(=NC)NCCCOC2CCOC2)CC1.I. The molecule has 2 N–H and O–H groups in total. The van der Waals surface area contributed by atoms with Crippen molar-refractivity contribution in [3.8, 4) is 0 Å². The van der Waals surface area contributed by atoms with E-state index in [0.717, 1.165) is 58.3 Å². The molecule has 2 atom stereocenters. The largest absolute Gasteiger partial charge is 0.379 e. The summed E-state index contributed by atoms with van der Waals surface area (Å²) in [5, 5.41) is 6.83. The number of halogens is 1. The van der Waals surface area contributed by atoms with Crippen molar-refractivity contribution >= 4 is 29.9 Å². The van der Waals surface area contributed by atoms with Crippen LogP contribution >= 0.6 is 24.0 Å². The first kappa shape index (κ1) is 24.9. The number of ether oxygens (including phenoxy) is 2. The summed E-state index contributed by atoms with van der Waals surface area (Å²) in [7, 11) is 1.83. The fourth-order valence-electron chi connectivity index (χ4n) is 3.46. The van der Waals surface area contributed by atoms with Crippen LogP contribution in [0.5, 0.6) is 0 Å². The minimum absolute atomic E-state index is 0. The molecule has 8 heteroatoms. The van der Waals surface area contributed by atoms with Crippen LogP contribution in [0.25, 0.3) is 0 Å². The minimum atomic E-state index is 0. The van der Waals surface area contributed by atoms with Gasteiger partial charge in [0, 0.05) is 66.1 Å². The molecule has 27 heavy (non-hydrogen) atoms. The van der Waals surface area contributed by atoms with Gasteiger partial charge in [-0.15, -0.1) is 24.0 Å². The van der Waals surface area contributed by atoms with Crippen molar-refractivity contribution in [3.63, 3.8) is 0 Å². The van der Waals surface area contributed by atoms with Crippen LogP contribution < -0.4 is 10.6 Å². The number of nitrogens with one attached hydrogen (secondary N) is 2. The number of guanidine groups is 1. The summed E-state index contributed by atoms with van der Waals surface area (Å²) in [4.78, 5) is 9.42. The lowest BCUT2D eigenvalue weighted by atomic mass is 10.1. The third-order valence-electron chi connectivity index (χ3n) is 5.18. The van der Waals surface area contributed by atoms with E-state index in [4.69, 9.17) is 9.47 Å². The molecule has 0 radical (unpaired) electrons. The molecule has 2 aliphatic heterocycles. The molecule has 2 unspecified atom stereocenters. The van der Waals surface area contributed by atoms with E-state index in [9.17, 15) is 0 Å². The third kappa shape index (κ3) is 10.3. The molecule has 0 spiro atoms. The zero-order chi connectivity index (χ0) is 18.6. The molecule has 0 aromatic rings. The second-order valence-corrected chi connectivity index (χ2v) is 7.43. The topological polar surface area (TPSA) is 61.4 Å². The quantitative estimate of drug-likeness (QED) is 0.205. The van der Waals surface area contributed by atoms with Gasteiger partial charge in [0.25, 0.3) is 0 Å². The molecule has 7 nitrogen and oxygen atoms in total. The highest BCUT2D eigenvalue weighted by Crippen LogP contribution is 2.08. The van der Waals surface area contributed by atoms with Crippen LogP contribution in [0.1, 0.15) is 26.7 Å². The van der Waals surface area contributed by atoms with Gasteiger partial charge < -0.3 is 29.9 Å². The van der Waals surface area contributed by atoms with Crippen molar-refractivity contribution in [2.45, 2.75) is 32.8 Å². The summed E-state index contributed by atoms with van der Waals surface area (Å²) in [6.45, 7) is 15.9. The van der Waals surface area contributed by atoms with E-state index < -0.39 is 0 Å². The van der Waals surface area contributed by atoms with Crippen molar-refractivity contribution in [1.29, 1.82) is 0 Å². The summed E-state index contributed by atoms with van der Waals surface area (Å²) in [5.74, 6) is 1.49. The predicted octanol–water partition coefficient (Wildman–Crippen LogP) is 1.24. The number of piperazine rings is 1. The molecular weight excluding hydrogens is 457 g/mol. The maximum atomic E-state index is 5.78. The molecule has 2 rings (SSSR count). The maximum absolute atomic E-state index is 5.78. The lowest BCUT2D eigenvalue weighted by molar-refractivity contribution is 0.0420. The molecule has 2 aliphatic rings. The van der Waals surface area contributed by atoms with Crippen molar-refractivity contribution in [2.75, 3.05) is 79.2 Å². The number of hydrogen-bond acceptors (Lipinski definition) is 5. The van der Waals surface area contributed by atoms with E-state index in [2.05, 4.69) is 39.3 Å². The normalized spacial score (nSPS) is 23.1. The van der Waals surface area contributed by atoms with Gasteiger partial charge >= 0.3 is 0 Å². The Bertz CT molecular complexity index is 400. The minimum Gasteiger partial charge on any atom is -0.379 e. The fourth-order valence-corrected chi connectivity index (χ4v) is 3.46. The zero-order valence-electron chi connectivity index (χ0n) is 17.4. The summed E-state index contributed by atoms with van der Waals surface area (Å²) in [6.07, 6.45) is 2.31. The Kier molecular flexibility index (Phi) is 13.6. The lowest BCUT2D eigenvalue weighted by Crippen LogP contribution is -2.48. The standard InChI is InChI=1S/C19H39N5O2.HI/c1-4-23-8-10-24(11-9-23)15-17(2)14-22-19(20-3)21-7-5-12-26-18-6-13-25-16-18;/h17-18H,4-16H2,1-3H3,(H2,20,21,22);1H. The van der Waals surface area contributed by atoms with Gasteiger partial charge in [-0.25, -0.2) is 0 Å². The van der Waals surface area contributed by atoms with Gasteiger partial charge in [0.15, 0.2) is 5.96 Å². The summed E-state index contributed by atoms with van der Waals surface area (Å²) in [6, 6.07) is 0. The van der Waals surface area contributed by atoms with Crippen LogP contribution in [-0.2, 0) is 9.47 Å². The highest BCUT2D eigenvalue weighted by Gasteiger charge is 2.17. The van der Waals surface area contributed by atoms with Crippen LogP contribution in [0.15, 0.2) is 4.99 Å². The maximum Gasteiger partial charge on any atom is 0.190 e. The van der Waals surface area contributed by atoms with Gasteiger partial charge in [-0.1, -0.05) is 13.8 Å². The molecule has 160 valence electrons. The summed E-state index contributed by atoms with van der Waals surface area (Å²) in [5.41, 5.74) is 0. The molecule has 2 heterocycles. The number of nitrogens with zero attached hydrogens (tertiary/aromatic N) is 3. The monoisotopic (exact) mass is 497 g/mol. The molecule has 2 saturated heterocycles. The van der Waals surface area contributed by atoms with Crippen LogP contribution in [-0.4, -0.2) is 101 Å². The van der Waals surface area contributed by atoms with Crippen molar-refractivity contribution in [3.05, 3.63) is 0 Å². The van der Waals surface area contributed by atoms with E-state index in [0.29, 0.717) is 12.0 Å². The van der Waals surface area contributed by atoms with Crippen molar-refractivity contribution < 1.29 is 9.47 Å². The molecule has 0 aliphatic carbocycles. The van der Waals surface area contributed by atoms with Gasteiger partial charge in [0.2, 0.25) is 0 Å². The van der Waals surface area contributed by atoms with Gasteiger partial charge in [-0.2, -0.15) is 0 Å². The fraction of sp³-hybridized carbons (Fsp3) is 0.947. The number of hydrogen-bond donors (Lipinski definition) is 2. The molecule has 0 aromatic heterocycles. The molecule has 0 saturated carbocycles. The second kappa shape index (κ2) is 14.8. The Morgan fingerprint density at radius 1 is 1.22 bits per heavy atom. The predicted molar refractivity (Wildman–Crippen MR) is 122 cm³/mol. The smallest absolute Gasteiger partial charge is 0.190 e. The van der Waals surface area contributed by atoms with E-state index in [-0.39, 0.29) is 24.0 Å². The van der Waals surface area contributed by atoms with Gasteiger partial charge in [0.05, 0.1) is 12.7 Å². The van der Waals surface area contributed by atoms with Gasteiger partial charge in [-0.05, 0) is 25.3 Å². The Balaban J connectivity index is 0.00000364. The summed E-state index contributed by atoms with van der Waals surface area (Å²) < 4.78 is 11.1. The first-order valence-corrected chi connectivity index (χ1v) is 10.3. The van der Waals surface area contributed by atoms with E-state index in [1.54, 1.807) is 0 Å². The third-order valence-corrected chi connectivity index (χ3v) is 5.18. The number of rotatable bonds is 10. The van der Waals surface area contributed by atoms with Gasteiger partial charge in [-0.3, -0.25) is 4.99 Å². The number of likely N-dealkylation sites (N-methyl/N-ethyl adjacent to an activating group) is 1. The summed E-state index contributed by atoms with van der Waals surface area (Å²) >= 11 is 0. The molecular formula is C19H40IN5O2. The van der Waals surface area contributed by atoms with Crippen molar-refractivity contribution in [2.24, 2.45) is 10.9 Å². The second-order valence-electron chi connectivity index (χ2n) is 7.43. The molecule has 0 bridgehead atoms. The number of aliphatic imine (C=N–C) groups is 1. The average molecular weight is 497 g/mol. The van der Waals surface area contributed by atoms with Crippen LogP contribution in [0.3, 0.4) is 0 Å². The van der Waals surface area contributed by atoms with E-state index in [1.807, 2.05) is 7.05 Å². The molecule has 0 amide bonds. The lowest BCUT2D eigenvalue weighted by Gasteiger charge is -2.35. The average Bonchev–Trinajstić information content (AvgIpc) is 3.18. The highest BCUT2D eigenvalue weighted by molar-refractivity contribution is 14.0. The van der Waals surface area contributed by atoms with Crippen LogP contribution in [0.2, 0.25) is 0 Å². The Morgan fingerprint density at radius 3 is 2.59 bits per heavy atom. The first-order valence-electron chi connectivity index (χ1n) is 10.3. The Labute approximate surface area is 182 Å². The van der Waals surface area contributed by atoms with Crippen LogP contribution in [0.4, 0.5) is 0 Å². The van der Waals surface area contributed by atoms with E-state index >= 15 is 0 Å². The molecule has 2 fully saturated rings. The Morgan fingerprint density at radius 2 is 1.96 bits per heavy atom. The highest BCUT2D eigenvalue weighted by atomic mass is 127. The Hall–Kier alpha value is -0.160. The first-order chi connectivity index (χ1) is 12.7. The van der Waals surface area contributed by atoms with Crippen LogP contribution in [0, 0.1) is 5.92 Å². The zero-order valence-corrected chi connectivity index (χ0v) is 19.7.